The van der Waals surface area contributed by atoms with Crippen LogP contribution in [-0.4, -0.2) is 15.1 Å². The second-order valence-electron chi connectivity index (χ2n) is 5.73. The van der Waals surface area contributed by atoms with E-state index in [1.165, 1.54) is 0 Å². The molecule has 0 aliphatic heterocycles. The van der Waals surface area contributed by atoms with Gasteiger partial charge in [0.05, 0.1) is 17.9 Å². The summed E-state index contributed by atoms with van der Waals surface area (Å²) in [6.45, 7) is 6.17. The summed E-state index contributed by atoms with van der Waals surface area (Å²) < 4.78 is 5.36. The second-order valence-corrected chi connectivity index (χ2v) is 5.73. The molecule has 1 fully saturated rings. The van der Waals surface area contributed by atoms with E-state index in [1.807, 2.05) is 26.0 Å². The Balaban J connectivity index is 1.94. The summed E-state index contributed by atoms with van der Waals surface area (Å²) in [5.41, 5.74) is 1.76. The first-order chi connectivity index (χ1) is 9.59. The molecule has 1 saturated carbocycles. The Morgan fingerprint density at radius 3 is 2.90 bits per heavy atom. The summed E-state index contributed by atoms with van der Waals surface area (Å²) in [5.74, 6) is 1.04. The van der Waals surface area contributed by atoms with Gasteiger partial charge < -0.3 is 4.52 Å². The quantitative estimate of drug-likeness (QED) is 0.855. The molecule has 1 aliphatic rings. The van der Waals surface area contributed by atoms with Gasteiger partial charge in [0.2, 0.25) is 11.7 Å². The third-order valence-electron chi connectivity index (χ3n) is 4.16. The summed E-state index contributed by atoms with van der Waals surface area (Å²) in [7, 11) is 0. The molecule has 2 aromatic heterocycles. The minimum Gasteiger partial charge on any atom is -0.339 e. The van der Waals surface area contributed by atoms with Crippen LogP contribution in [0, 0.1) is 22.7 Å². The van der Waals surface area contributed by atoms with Crippen LogP contribution in [0.2, 0.25) is 0 Å². The molecule has 102 valence electrons. The van der Waals surface area contributed by atoms with E-state index in [0.29, 0.717) is 11.7 Å². The highest BCUT2D eigenvalue weighted by Crippen LogP contribution is 2.63. The lowest BCUT2D eigenvalue weighted by Crippen LogP contribution is -1.93. The molecular formula is C15H16N4O. The van der Waals surface area contributed by atoms with E-state index < -0.39 is 0 Å². The van der Waals surface area contributed by atoms with E-state index in [1.54, 1.807) is 6.20 Å². The van der Waals surface area contributed by atoms with Crippen LogP contribution in [-0.2, 0) is 6.42 Å². The largest absolute Gasteiger partial charge is 0.339 e. The second kappa shape index (κ2) is 4.41. The van der Waals surface area contributed by atoms with Crippen molar-refractivity contribution in [3.63, 3.8) is 0 Å². The molecule has 5 heteroatoms. The van der Waals surface area contributed by atoms with Crippen molar-refractivity contribution >= 4 is 0 Å². The fourth-order valence-corrected chi connectivity index (χ4v) is 2.72. The van der Waals surface area contributed by atoms with Crippen molar-refractivity contribution in [1.82, 2.24) is 15.1 Å². The average molecular weight is 268 g/mol. The number of rotatable bonds is 3. The van der Waals surface area contributed by atoms with Crippen LogP contribution in [0.15, 0.2) is 22.9 Å². The molecule has 2 unspecified atom stereocenters. The summed E-state index contributed by atoms with van der Waals surface area (Å²) in [5, 5.41) is 13.2. The summed E-state index contributed by atoms with van der Waals surface area (Å²) in [4.78, 5) is 8.79. The lowest BCUT2D eigenvalue weighted by atomic mass is 10.1. The SMILES string of the molecule is CCc1cccnc1-c1noc(C2C(C#N)C2(C)C)n1. The van der Waals surface area contributed by atoms with Gasteiger partial charge >= 0.3 is 0 Å². The van der Waals surface area contributed by atoms with Gasteiger partial charge in [-0.05, 0) is 23.5 Å². The molecule has 2 atom stereocenters. The van der Waals surface area contributed by atoms with Gasteiger partial charge in [-0.2, -0.15) is 10.2 Å². The molecule has 20 heavy (non-hydrogen) atoms. The van der Waals surface area contributed by atoms with E-state index in [4.69, 9.17) is 9.78 Å². The molecule has 0 amide bonds. The first kappa shape index (κ1) is 12.8. The summed E-state index contributed by atoms with van der Waals surface area (Å²) in [6.07, 6.45) is 2.59. The zero-order chi connectivity index (χ0) is 14.3. The maximum atomic E-state index is 9.13. The maximum Gasteiger partial charge on any atom is 0.232 e. The smallest absolute Gasteiger partial charge is 0.232 e. The summed E-state index contributed by atoms with van der Waals surface area (Å²) in [6, 6.07) is 6.22. The van der Waals surface area contributed by atoms with Crippen molar-refractivity contribution in [3.05, 3.63) is 29.8 Å². The maximum absolute atomic E-state index is 9.13. The molecule has 0 N–H and O–H groups in total. The number of nitrogens with zero attached hydrogens (tertiary/aromatic N) is 4. The number of aryl methyl sites for hydroxylation is 1. The Bertz CT molecular complexity index is 683. The van der Waals surface area contributed by atoms with E-state index in [2.05, 4.69) is 28.1 Å². The van der Waals surface area contributed by atoms with E-state index in [0.717, 1.165) is 17.7 Å². The van der Waals surface area contributed by atoms with Crippen LogP contribution in [0.25, 0.3) is 11.5 Å². The average Bonchev–Trinajstić information content (AvgIpc) is 2.81. The fraction of sp³-hybridized carbons (Fsp3) is 0.467. The predicted molar refractivity (Wildman–Crippen MR) is 72.5 cm³/mol. The Morgan fingerprint density at radius 1 is 1.45 bits per heavy atom. The van der Waals surface area contributed by atoms with Gasteiger partial charge in [-0.15, -0.1) is 0 Å². The zero-order valence-corrected chi connectivity index (χ0v) is 11.8. The zero-order valence-electron chi connectivity index (χ0n) is 11.8. The number of hydrogen-bond acceptors (Lipinski definition) is 5. The van der Waals surface area contributed by atoms with Gasteiger partial charge in [-0.3, -0.25) is 4.98 Å². The standard InChI is InChI=1S/C15H16N4O/c1-4-9-6-5-7-17-12(9)13-18-14(20-19-13)11-10(8-16)15(11,2)3/h5-7,10-11H,4H2,1-3H3. The first-order valence-corrected chi connectivity index (χ1v) is 6.77. The Morgan fingerprint density at radius 2 is 2.25 bits per heavy atom. The Hall–Kier alpha value is -2.22. The predicted octanol–water partition coefficient (Wildman–Crippen LogP) is 2.96. The number of pyridine rings is 1. The minimum absolute atomic E-state index is 0.0301. The van der Waals surface area contributed by atoms with E-state index in [9.17, 15) is 0 Å². The van der Waals surface area contributed by atoms with Gasteiger partial charge in [0, 0.05) is 6.20 Å². The third-order valence-corrected chi connectivity index (χ3v) is 4.16. The monoisotopic (exact) mass is 268 g/mol. The van der Waals surface area contributed by atoms with Crippen molar-refractivity contribution < 1.29 is 4.52 Å². The van der Waals surface area contributed by atoms with Crippen molar-refractivity contribution in [2.45, 2.75) is 33.1 Å². The molecule has 0 saturated heterocycles. The van der Waals surface area contributed by atoms with Crippen molar-refractivity contribution in [2.24, 2.45) is 11.3 Å². The molecule has 2 aromatic rings. The van der Waals surface area contributed by atoms with Crippen LogP contribution >= 0.6 is 0 Å². The topological polar surface area (TPSA) is 75.6 Å². The molecule has 0 bridgehead atoms. The Kier molecular flexibility index (Phi) is 2.82. The third kappa shape index (κ3) is 1.80. The highest BCUT2D eigenvalue weighted by molar-refractivity contribution is 5.54. The van der Waals surface area contributed by atoms with Crippen LogP contribution in [0.1, 0.15) is 38.1 Å². The van der Waals surface area contributed by atoms with Crippen LogP contribution in [0.3, 0.4) is 0 Å². The molecule has 3 rings (SSSR count). The Labute approximate surface area is 117 Å². The van der Waals surface area contributed by atoms with Crippen molar-refractivity contribution in [1.29, 1.82) is 5.26 Å². The van der Waals surface area contributed by atoms with Gasteiger partial charge in [0.1, 0.15) is 5.69 Å². The van der Waals surface area contributed by atoms with Crippen LogP contribution in [0.4, 0.5) is 0 Å². The van der Waals surface area contributed by atoms with Gasteiger partial charge in [-0.1, -0.05) is 32.0 Å². The molecule has 0 radical (unpaired) electrons. The number of nitriles is 1. The number of aromatic nitrogens is 3. The lowest BCUT2D eigenvalue weighted by Gasteiger charge is -2.00. The first-order valence-electron chi connectivity index (χ1n) is 6.77. The molecule has 0 aromatic carbocycles. The summed E-state index contributed by atoms with van der Waals surface area (Å²) >= 11 is 0. The van der Waals surface area contributed by atoms with E-state index in [-0.39, 0.29) is 17.3 Å². The fourth-order valence-electron chi connectivity index (χ4n) is 2.72. The molecule has 1 aliphatic carbocycles. The number of hydrogen-bond donors (Lipinski definition) is 0. The van der Waals surface area contributed by atoms with Gasteiger partial charge in [-0.25, -0.2) is 0 Å². The lowest BCUT2D eigenvalue weighted by molar-refractivity contribution is 0.368. The van der Waals surface area contributed by atoms with E-state index >= 15 is 0 Å². The molecule has 2 heterocycles. The van der Waals surface area contributed by atoms with Crippen LogP contribution < -0.4 is 0 Å². The van der Waals surface area contributed by atoms with Crippen molar-refractivity contribution in [2.75, 3.05) is 0 Å². The van der Waals surface area contributed by atoms with Crippen molar-refractivity contribution in [3.8, 4) is 17.6 Å². The minimum atomic E-state index is -0.0870. The molecule has 0 spiro atoms. The normalized spacial score (nSPS) is 23.3. The van der Waals surface area contributed by atoms with Gasteiger partial charge in [0.15, 0.2) is 0 Å². The highest BCUT2D eigenvalue weighted by Gasteiger charge is 2.62. The molecular weight excluding hydrogens is 252 g/mol. The highest BCUT2D eigenvalue weighted by atomic mass is 16.5. The van der Waals surface area contributed by atoms with Crippen LogP contribution in [0.5, 0.6) is 0 Å². The molecule has 5 nitrogen and oxygen atoms in total. The van der Waals surface area contributed by atoms with Gasteiger partial charge in [0.25, 0.3) is 0 Å².